The molecule has 0 aliphatic heterocycles. The fourth-order valence-electron chi connectivity index (χ4n) is 5.30. The van der Waals surface area contributed by atoms with Gasteiger partial charge in [-0.1, -0.05) is 40.0 Å². The van der Waals surface area contributed by atoms with Gasteiger partial charge in [0.05, 0.1) is 48.7 Å². The summed E-state index contributed by atoms with van der Waals surface area (Å²) >= 11 is 0. The number of hydrogen-bond donors (Lipinski definition) is 1. The highest BCUT2D eigenvalue weighted by Crippen LogP contribution is 2.40. The summed E-state index contributed by atoms with van der Waals surface area (Å²) in [6.45, 7) is 7.20. The van der Waals surface area contributed by atoms with E-state index in [-0.39, 0.29) is 21.7 Å². The van der Waals surface area contributed by atoms with Gasteiger partial charge in [0, 0.05) is 6.07 Å². The van der Waals surface area contributed by atoms with Crippen LogP contribution >= 0.6 is 0 Å². The van der Waals surface area contributed by atoms with Crippen LogP contribution in [0.5, 0.6) is 23.0 Å². The molecule has 4 rings (SSSR count). The van der Waals surface area contributed by atoms with Gasteiger partial charge in [0.2, 0.25) is 58.2 Å². The zero-order valence-corrected chi connectivity index (χ0v) is 30.0. The van der Waals surface area contributed by atoms with Crippen molar-refractivity contribution in [1.29, 1.82) is 0 Å². The number of aromatic hydroxyl groups is 1. The molecule has 0 spiro atoms. The Labute approximate surface area is 316 Å². The molecular formula is C36H31BF15NO4. The van der Waals surface area contributed by atoms with E-state index in [9.17, 15) is 71.0 Å². The van der Waals surface area contributed by atoms with Crippen molar-refractivity contribution in [2.75, 3.05) is 19.6 Å². The third-order valence-corrected chi connectivity index (χ3v) is 8.25. The zero-order chi connectivity index (χ0) is 42.9. The summed E-state index contributed by atoms with van der Waals surface area (Å²) in [5.41, 5.74) is 0.211. The first kappa shape index (κ1) is 46.4. The third kappa shape index (κ3) is 10.3. The normalized spacial score (nSPS) is 11.3. The molecule has 1 N–H and O–H groups in total. The fourth-order valence-corrected chi connectivity index (χ4v) is 5.30. The van der Waals surface area contributed by atoms with Crippen LogP contribution in [0, 0.1) is 93.3 Å². The summed E-state index contributed by atoms with van der Waals surface area (Å²) in [5, 5.41) is 10.4. The first-order chi connectivity index (χ1) is 26.8. The Bertz CT molecular complexity index is 1880. The maximum atomic E-state index is 14.6. The molecule has 57 heavy (non-hydrogen) atoms. The molecular weight excluding hydrogens is 806 g/mol. The maximum Gasteiger partial charge on any atom is 0.864 e. The number of quaternary nitrogens is 1. The predicted molar refractivity (Wildman–Crippen MR) is 174 cm³/mol. The molecule has 0 amide bonds. The van der Waals surface area contributed by atoms with E-state index in [0.29, 0.717) is 38.9 Å². The van der Waals surface area contributed by atoms with Crippen LogP contribution in [-0.2, 0) is 0 Å². The van der Waals surface area contributed by atoms with Crippen LogP contribution in [0.2, 0.25) is 0 Å². The molecule has 4 aromatic rings. The molecule has 0 saturated carbocycles. The minimum absolute atomic E-state index is 0.136. The Morgan fingerprint density at radius 2 is 0.825 bits per heavy atom. The molecule has 312 valence electrons. The average Bonchev–Trinajstić information content (AvgIpc) is 3.20. The second kappa shape index (κ2) is 20.0. The van der Waals surface area contributed by atoms with Gasteiger partial charge in [-0.3, -0.25) is 13.3 Å². The predicted octanol–water partition coefficient (Wildman–Crippen LogP) is 11.2. The molecule has 0 aliphatic rings. The summed E-state index contributed by atoms with van der Waals surface area (Å²) in [6, 6.07) is 4.50. The van der Waals surface area contributed by atoms with E-state index in [0.717, 1.165) is 37.5 Å². The highest BCUT2D eigenvalue weighted by atomic mass is 19.2. The highest BCUT2D eigenvalue weighted by molar-refractivity contribution is 6.39. The maximum absolute atomic E-state index is 14.6. The first-order valence-electron chi connectivity index (χ1n) is 16.9. The van der Waals surface area contributed by atoms with Gasteiger partial charge in [0.1, 0.15) is 5.75 Å². The van der Waals surface area contributed by atoms with Crippen molar-refractivity contribution in [3.63, 3.8) is 0 Å². The van der Waals surface area contributed by atoms with Crippen molar-refractivity contribution in [3.8, 4) is 23.0 Å². The summed E-state index contributed by atoms with van der Waals surface area (Å²) in [5.74, 6) is -39.9. The molecule has 0 aliphatic carbocycles. The quantitative estimate of drug-likeness (QED) is 0.0305. The number of nitrogens with zero attached hydrogens (tertiary/aromatic N) is 1. The van der Waals surface area contributed by atoms with E-state index in [1.165, 1.54) is 6.07 Å². The molecule has 21 heteroatoms. The lowest BCUT2D eigenvalue weighted by Gasteiger charge is -2.39. The lowest BCUT2D eigenvalue weighted by Crippen LogP contribution is -2.52. The first-order valence-corrected chi connectivity index (χ1v) is 16.9. The van der Waals surface area contributed by atoms with Crippen LogP contribution in [0.3, 0.4) is 0 Å². The van der Waals surface area contributed by atoms with Crippen LogP contribution in [0.25, 0.3) is 0 Å². The summed E-state index contributed by atoms with van der Waals surface area (Å²) in [4.78, 5) is 0. The van der Waals surface area contributed by atoms with Gasteiger partial charge in [-0.15, -0.1) is 6.07 Å². The largest absolute Gasteiger partial charge is 0.864 e. The molecule has 0 radical (unpaired) electrons. The minimum atomic E-state index is -2.92. The lowest BCUT2D eigenvalue weighted by molar-refractivity contribution is 0.240. The van der Waals surface area contributed by atoms with E-state index in [1.807, 2.05) is 20.8 Å². The Morgan fingerprint density at radius 1 is 0.491 bits per heavy atom. The Hall–Kier alpha value is -4.95. The van der Waals surface area contributed by atoms with Crippen LogP contribution in [0.15, 0.2) is 18.2 Å². The summed E-state index contributed by atoms with van der Waals surface area (Å²) in [7, 11) is -2.92. The second-order valence-electron chi connectivity index (χ2n) is 12.2. The second-order valence-corrected chi connectivity index (χ2v) is 12.2. The number of hydrogen-bond acceptors (Lipinski definition) is 4. The Balaban J connectivity index is 0.000000679. The number of phenolic OH excluding ortho intramolecular Hbond substituents is 1. The molecule has 5 nitrogen and oxygen atoms in total. The van der Waals surface area contributed by atoms with Crippen molar-refractivity contribution in [2.45, 2.75) is 59.3 Å². The number of halogens is 15. The molecule has 0 heterocycles. The van der Waals surface area contributed by atoms with Gasteiger partial charge in [-0.2, -0.15) is 17.6 Å². The van der Waals surface area contributed by atoms with Gasteiger partial charge in [-0.05, 0) is 31.4 Å². The standard InChI is InChI=1S/C30H30BF10NO4.C6F5/c1-4-7-12-42(13-8-5-2,14-9-6-3)17-15-16(43)10-11-18(17)44-31(45-29-25(38)21(34)19(32)22(35)26(29)39)46-30-27(40)23(36)20(33)24(37)28(30)41;7-2-1-3(8)5(10)6(11)4(2)9/h10-11,15H,4-9,12-14H2,1-3H3;/q;-1/p+1. The van der Waals surface area contributed by atoms with Gasteiger partial charge in [-0.25, -0.2) is 39.5 Å². The SMILES string of the molecule is CCCC[N+](CCCC)(CCCC)c1cc(O)ccc1OB(Oc1c(F)c(F)c(F)c(F)c1F)Oc1c(F)c(F)c(F)c(F)c1F.Fc1[c-]c(F)c(F)c(F)c1F. The summed E-state index contributed by atoms with van der Waals surface area (Å²) < 4.78 is 217. The Morgan fingerprint density at radius 3 is 1.18 bits per heavy atom. The topological polar surface area (TPSA) is 47.9 Å². The van der Waals surface area contributed by atoms with E-state index in [2.05, 4.69) is 0 Å². The molecule has 0 saturated heterocycles. The van der Waals surface area contributed by atoms with E-state index < -0.39 is 106 Å². The van der Waals surface area contributed by atoms with E-state index in [4.69, 9.17) is 14.0 Å². The lowest BCUT2D eigenvalue weighted by atomic mass is 10.1. The smallest absolute Gasteiger partial charge is 0.508 e. The van der Waals surface area contributed by atoms with Crippen molar-refractivity contribution in [2.24, 2.45) is 0 Å². The van der Waals surface area contributed by atoms with E-state index in [1.54, 1.807) is 0 Å². The van der Waals surface area contributed by atoms with Gasteiger partial charge in [0.25, 0.3) is 0 Å². The van der Waals surface area contributed by atoms with Crippen LogP contribution in [0.1, 0.15) is 59.3 Å². The third-order valence-electron chi connectivity index (χ3n) is 8.25. The molecule has 0 bridgehead atoms. The number of benzene rings is 4. The molecule has 4 aromatic carbocycles. The van der Waals surface area contributed by atoms with Crippen LogP contribution in [0.4, 0.5) is 71.5 Å². The van der Waals surface area contributed by atoms with Gasteiger partial charge >= 0.3 is 7.32 Å². The van der Waals surface area contributed by atoms with Crippen LogP contribution < -0.4 is 18.4 Å². The van der Waals surface area contributed by atoms with Crippen molar-refractivity contribution < 1.29 is 84.9 Å². The number of rotatable bonds is 16. The minimum Gasteiger partial charge on any atom is -0.508 e. The summed E-state index contributed by atoms with van der Waals surface area (Å²) in [6.07, 6.45) is 4.20. The molecule has 0 unspecified atom stereocenters. The molecule has 0 atom stereocenters. The fraction of sp³-hybridized carbons (Fsp3) is 0.333. The average molecular weight is 837 g/mol. The zero-order valence-electron chi connectivity index (χ0n) is 30.0. The highest BCUT2D eigenvalue weighted by Gasteiger charge is 2.42. The molecule has 0 aromatic heterocycles. The Kier molecular flexibility index (Phi) is 16.3. The number of unbranched alkanes of at least 4 members (excludes halogenated alkanes) is 3. The van der Waals surface area contributed by atoms with Crippen LogP contribution in [-0.4, -0.2) is 32.1 Å². The number of phenols is 1. The van der Waals surface area contributed by atoms with Crippen molar-refractivity contribution in [1.82, 2.24) is 4.48 Å². The monoisotopic (exact) mass is 837 g/mol. The van der Waals surface area contributed by atoms with Crippen molar-refractivity contribution in [3.05, 3.63) is 112 Å². The van der Waals surface area contributed by atoms with Gasteiger partial charge in [0.15, 0.2) is 22.9 Å². The van der Waals surface area contributed by atoms with Crippen molar-refractivity contribution >= 4 is 13.0 Å². The van der Waals surface area contributed by atoms with Gasteiger partial charge < -0.3 is 19.1 Å². The van der Waals surface area contributed by atoms with E-state index >= 15 is 0 Å². The molecule has 0 fully saturated rings.